The number of amides is 1. The molecule has 0 saturated carbocycles. The number of methoxy groups -OCH3 is 1. The summed E-state index contributed by atoms with van der Waals surface area (Å²) in [6.07, 6.45) is 0. The van der Waals surface area contributed by atoms with Crippen LogP contribution in [0, 0.1) is 11.3 Å². The van der Waals surface area contributed by atoms with Crippen LogP contribution in [0.25, 0.3) is 0 Å². The zero-order valence-corrected chi connectivity index (χ0v) is 11.0. The molecule has 1 amide bonds. The first-order chi connectivity index (χ1) is 9.17. The normalized spacial score (nSPS) is 9.68. The first-order valence-corrected chi connectivity index (χ1v) is 6.26. The smallest absolute Gasteiger partial charge is 0.260 e. The summed E-state index contributed by atoms with van der Waals surface area (Å²) in [5, 5.41) is 13.8. The molecule has 0 unspecified atom stereocenters. The number of nitrogen functional groups attached to an aromatic ring is 1. The molecule has 1 aromatic carbocycles. The Morgan fingerprint density at radius 2 is 2.26 bits per heavy atom. The van der Waals surface area contributed by atoms with Crippen LogP contribution in [-0.2, 0) is 0 Å². The highest BCUT2D eigenvalue weighted by atomic mass is 32.1. The van der Waals surface area contributed by atoms with Gasteiger partial charge < -0.3 is 15.8 Å². The monoisotopic (exact) mass is 273 g/mol. The third-order valence-electron chi connectivity index (χ3n) is 2.51. The second-order valence-electron chi connectivity index (χ2n) is 3.66. The molecule has 0 bridgehead atoms. The lowest BCUT2D eigenvalue weighted by atomic mass is 10.1. The van der Waals surface area contributed by atoms with Crippen molar-refractivity contribution in [1.82, 2.24) is 0 Å². The Kier molecular flexibility index (Phi) is 3.68. The van der Waals surface area contributed by atoms with E-state index in [2.05, 4.69) is 5.32 Å². The van der Waals surface area contributed by atoms with Crippen LogP contribution in [0.4, 0.5) is 10.7 Å². The number of anilines is 2. The maximum Gasteiger partial charge on any atom is 0.260 e. The van der Waals surface area contributed by atoms with Crippen molar-refractivity contribution in [3.8, 4) is 11.8 Å². The molecule has 0 aliphatic carbocycles. The van der Waals surface area contributed by atoms with Crippen LogP contribution in [0.2, 0.25) is 0 Å². The largest absolute Gasteiger partial charge is 0.494 e. The van der Waals surface area contributed by atoms with Crippen LogP contribution < -0.4 is 15.8 Å². The highest BCUT2D eigenvalue weighted by molar-refractivity contribution is 7.14. The lowest BCUT2D eigenvalue weighted by Crippen LogP contribution is -2.13. The van der Waals surface area contributed by atoms with Crippen molar-refractivity contribution >= 4 is 27.9 Å². The van der Waals surface area contributed by atoms with Crippen LogP contribution in [0.1, 0.15) is 15.9 Å². The van der Waals surface area contributed by atoms with E-state index in [1.807, 2.05) is 6.07 Å². The summed E-state index contributed by atoms with van der Waals surface area (Å²) in [4.78, 5) is 12.2. The molecule has 0 saturated heterocycles. The van der Waals surface area contributed by atoms with Gasteiger partial charge >= 0.3 is 0 Å². The summed E-state index contributed by atoms with van der Waals surface area (Å²) in [5.74, 6) is -0.0295. The Labute approximate surface area is 114 Å². The van der Waals surface area contributed by atoms with E-state index in [1.54, 1.807) is 29.6 Å². The zero-order valence-electron chi connectivity index (χ0n) is 10.1. The number of para-hydroxylation sites is 1. The van der Waals surface area contributed by atoms with Crippen molar-refractivity contribution in [1.29, 1.82) is 5.26 Å². The van der Waals surface area contributed by atoms with Gasteiger partial charge in [0.15, 0.2) is 5.75 Å². The van der Waals surface area contributed by atoms with E-state index < -0.39 is 0 Å². The molecule has 96 valence electrons. The van der Waals surface area contributed by atoms with Crippen LogP contribution in [0.3, 0.4) is 0 Å². The Bertz CT molecular complexity index is 658. The molecule has 1 heterocycles. The third-order valence-corrected chi connectivity index (χ3v) is 3.34. The van der Waals surface area contributed by atoms with E-state index in [0.717, 1.165) is 0 Å². The van der Waals surface area contributed by atoms with Gasteiger partial charge in [-0.1, -0.05) is 6.07 Å². The number of rotatable bonds is 3. The topological polar surface area (TPSA) is 88.1 Å². The first kappa shape index (κ1) is 12.9. The number of hydrogen-bond acceptors (Lipinski definition) is 5. The Morgan fingerprint density at radius 3 is 2.95 bits per heavy atom. The lowest BCUT2D eigenvalue weighted by Gasteiger charge is -2.10. The highest BCUT2D eigenvalue weighted by Crippen LogP contribution is 2.28. The molecule has 19 heavy (non-hydrogen) atoms. The predicted octanol–water partition coefficient (Wildman–Crippen LogP) is 2.46. The molecule has 0 aliphatic rings. The number of carbonyl (C=O) groups is 1. The minimum atomic E-state index is -0.358. The third kappa shape index (κ3) is 2.51. The van der Waals surface area contributed by atoms with Gasteiger partial charge in [-0.3, -0.25) is 4.79 Å². The number of thiophene rings is 1. The zero-order chi connectivity index (χ0) is 13.8. The van der Waals surface area contributed by atoms with Gasteiger partial charge in [0.2, 0.25) is 0 Å². The van der Waals surface area contributed by atoms with E-state index in [9.17, 15) is 4.79 Å². The predicted molar refractivity (Wildman–Crippen MR) is 74.4 cm³/mol. The van der Waals surface area contributed by atoms with Crippen molar-refractivity contribution in [2.75, 3.05) is 18.2 Å². The number of nitrogens with one attached hydrogen (secondary N) is 1. The molecule has 0 aliphatic heterocycles. The van der Waals surface area contributed by atoms with Crippen molar-refractivity contribution in [2.24, 2.45) is 0 Å². The summed E-state index contributed by atoms with van der Waals surface area (Å²) in [5.41, 5.74) is 6.90. The van der Waals surface area contributed by atoms with Crippen LogP contribution >= 0.6 is 11.3 Å². The SMILES string of the molecule is COc1c(N)cccc1C(=O)Nc1sccc1C#N. The Morgan fingerprint density at radius 1 is 1.47 bits per heavy atom. The van der Waals surface area contributed by atoms with Gasteiger partial charge in [0.05, 0.1) is 23.9 Å². The van der Waals surface area contributed by atoms with Crippen molar-refractivity contribution in [3.05, 3.63) is 40.8 Å². The van der Waals surface area contributed by atoms with Gasteiger partial charge in [-0.2, -0.15) is 5.26 Å². The molecule has 1 aromatic heterocycles. The molecule has 2 aromatic rings. The van der Waals surface area contributed by atoms with E-state index >= 15 is 0 Å². The minimum absolute atomic E-state index is 0.329. The van der Waals surface area contributed by atoms with Crippen molar-refractivity contribution < 1.29 is 9.53 Å². The van der Waals surface area contributed by atoms with Crippen LogP contribution in [0.5, 0.6) is 5.75 Å². The average molecular weight is 273 g/mol. The number of ether oxygens (including phenoxy) is 1. The van der Waals surface area contributed by atoms with Crippen LogP contribution in [0.15, 0.2) is 29.6 Å². The molecule has 6 heteroatoms. The minimum Gasteiger partial charge on any atom is -0.494 e. The molecule has 0 fully saturated rings. The van der Waals surface area contributed by atoms with Gasteiger partial charge in [0, 0.05) is 0 Å². The fourth-order valence-electron chi connectivity index (χ4n) is 1.63. The first-order valence-electron chi connectivity index (χ1n) is 5.38. The molecule has 5 nitrogen and oxygen atoms in total. The number of nitriles is 1. The molecule has 0 atom stereocenters. The summed E-state index contributed by atoms with van der Waals surface area (Å²) in [6, 6.07) is 8.60. The van der Waals surface area contributed by atoms with E-state index in [1.165, 1.54) is 18.4 Å². The van der Waals surface area contributed by atoms with E-state index in [-0.39, 0.29) is 5.91 Å². The highest BCUT2D eigenvalue weighted by Gasteiger charge is 2.16. The molecule has 3 N–H and O–H groups in total. The number of nitrogens with zero attached hydrogens (tertiary/aromatic N) is 1. The summed E-state index contributed by atoms with van der Waals surface area (Å²) in [7, 11) is 1.45. The molecular formula is C13H11N3O2S. The second kappa shape index (κ2) is 5.42. The molecule has 0 radical (unpaired) electrons. The van der Waals surface area contributed by atoms with Gasteiger partial charge in [0.1, 0.15) is 11.1 Å². The number of benzene rings is 1. The molecule has 2 rings (SSSR count). The summed E-state index contributed by atoms with van der Waals surface area (Å²) >= 11 is 1.29. The molecule has 0 spiro atoms. The number of nitrogens with two attached hydrogens (primary N) is 1. The fourth-order valence-corrected chi connectivity index (χ4v) is 2.36. The fraction of sp³-hybridized carbons (Fsp3) is 0.0769. The number of carbonyl (C=O) groups excluding carboxylic acids is 1. The van der Waals surface area contributed by atoms with Gasteiger partial charge in [-0.05, 0) is 23.6 Å². The second-order valence-corrected chi connectivity index (χ2v) is 4.57. The van der Waals surface area contributed by atoms with E-state index in [4.69, 9.17) is 15.7 Å². The maximum atomic E-state index is 12.2. The van der Waals surface area contributed by atoms with Crippen molar-refractivity contribution in [3.63, 3.8) is 0 Å². The van der Waals surface area contributed by atoms with Crippen LogP contribution in [-0.4, -0.2) is 13.0 Å². The Hall–Kier alpha value is -2.52. The Balaban J connectivity index is 2.31. The van der Waals surface area contributed by atoms with Gasteiger partial charge in [0.25, 0.3) is 5.91 Å². The summed E-state index contributed by atoms with van der Waals surface area (Å²) < 4.78 is 5.13. The summed E-state index contributed by atoms with van der Waals surface area (Å²) in [6.45, 7) is 0. The number of hydrogen-bond donors (Lipinski definition) is 2. The van der Waals surface area contributed by atoms with E-state index in [0.29, 0.717) is 27.6 Å². The molecular weight excluding hydrogens is 262 g/mol. The maximum absolute atomic E-state index is 12.2. The van der Waals surface area contributed by atoms with Crippen molar-refractivity contribution in [2.45, 2.75) is 0 Å². The average Bonchev–Trinajstić information content (AvgIpc) is 2.85. The standard InChI is InChI=1S/C13H11N3O2S/c1-18-11-9(3-2-4-10(11)15)12(17)16-13-8(7-14)5-6-19-13/h2-6H,15H2,1H3,(H,16,17). The lowest BCUT2D eigenvalue weighted by molar-refractivity contribution is 0.102. The van der Waals surface area contributed by atoms with Gasteiger partial charge in [-0.15, -0.1) is 11.3 Å². The quantitative estimate of drug-likeness (QED) is 0.841. The van der Waals surface area contributed by atoms with Gasteiger partial charge in [-0.25, -0.2) is 0 Å².